The van der Waals surface area contributed by atoms with E-state index in [-0.39, 0.29) is 5.56 Å². The molecule has 0 saturated heterocycles. The summed E-state index contributed by atoms with van der Waals surface area (Å²) in [6, 6.07) is 18.9. The Balaban J connectivity index is 1.75. The van der Waals surface area contributed by atoms with Gasteiger partial charge in [0, 0.05) is 40.6 Å². The van der Waals surface area contributed by atoms with Gasteiger partial charge in [-0.25, -0.2) is 0 Å². The summed E-state index contributed by atoms with van der Waals surface area (Å²) < 4.78 is 7.19. The number of rotatable bonds is 3. The molecule has 0 spiro atoms. The number of hydrogen-bond acceptors (Lipinski definition) is 5. The van der Waals surface area contributed by atoms with E-state index in [0.717, 1.165) is 22.2 Å². The molecule has 0 aliphatic heterocycles. The molecule has 3 aromatic heterocycles. The lowest BCUT2D eigenvalue weighted by Gasteiger charge is -2.11. The Hall–Kier alpha value is -4.06. The van der Waals surface area contributed by atoms with Crippen molar-refractivity contribution in [1.29, 1.82) is 0 Å². The molecule has 0 atom stereocenters. The Bertz CT molecular complexity index is 1390. The molecule has 140 valence electrons. The van der Waals surface area contributed by atoms with Gasteiger partial charge in [-0.15, -0.1) is 0 Å². The molecule has 29 heavy (non-hydrogen) atoms. The fourth-order valence-electron chi connectivity index (χ4n) is 3.38. The maximum absolute atomic E-state index is 13.1. The van der Waals surface area contributed by atoms with E-state index in [9.17, 15) is 4.79 Å². The van der Waals surface area contributed by atoms with Crippen LogP contribution in [-0.2, 0) is 0 Å². The van der Waals surface area contributed by atoms with Crippen LogP contribution in [0, 0.1) is 6.92 Å². The third-order valence-corrected chi connectivity index (χ3v) is 4.78. The van der Waals surface area contributed by atoms with Gasteiger partial charge in [0.1, 0.15) is 0 Å². The second kappa shape index (κ2) is 6.83. The highest BCUT2D eigenvalue weighted by Gasteiger charge is 2.17. The van der Waals surface area contributed by atoms with Crippen molar-refractivity contribution in [2.24, 2.45) is 0 Å². The summed E-state index contributed by atoms with van der Waals surface area (Å²) in [6.07, 6.45) is 5.14. The van der Waals surface area contributed by atoms with E-state index in [0.29, 0.717) is 22.7 Å². The maximum atomic E-state index is 13.1. The zero-order valence-corrected chi connectivity index (χ0v) is 15.6. The third-order valence-electron chi connectivity index (χ3n) is 4.78. The lowest BCUT2D eigenvalue weighted by atomic mass is 10.1. The molecule has 0 bridgehead atoms. The van der Waals surface area contributed by atoms with Crippen molar-refractivity contribution < 1.29 is 4.52 Å². The molecule has 0 saturated carbocycles. The summed E-state index contributed by atoms with van der Waals surface area (Å²) in [5.74, 6) is 0.798. The average molecular weight is 380 g/mol. The molecule has 3 heterocycles. The van der Waals surface area contributed by atoms with Gasteiger partial charge >= 0.3 is 0 Å². The van der Waals surface area contributed by atoms with Crippen LogP contribution in [0.15, 0.2) is 88.6 Å². The summed E-state index contributed by atoms with van der Waals surface area (Å²) in [4.78, 5) is 21.8. The highest BCUT2D eigenvalue weighted by Crippen LogP contribution is 2.28. The van der Waals surface area contributed by atoms with E-state index in [2.05, 4.69) is 15.1 Å². The first-order valence-electron chi connectivity index (χ1n) is 9.16. The summed E-state index contributed by atoms with van der Waals surface area (Å²) in [5, 5.41) is 5.45. The summed E-state index contributed by atoms with van der Waals surface area (Å²) in [6.45, 7) is 1.99. The van der Waals surface area contributed by atoms with Crippen molar-refractivity contribution in [3.05, 3.63) is 95.2 Å². The highest BCUT2D eigenvalue weighted by molar-refractivity contribution is 5.94. The zero-order chi connectivity index (χ0) is 19.8. The first-order valence-corrected chi connectivity index (χ1v) is 9.16. The average Bonchev–Trinajstić information content (AvgIpc) is 3.25. The second-order valence-electron chi connectivity index (χ2n) is 6.77. The minimum atomic E-state index is -0.0954. The van der Waals surface area contributed by atoms with Crippen LogP contribution in [0.5, 0.6) is 0 Å². The lowest BCUT2D eigenvalue weighted by Crippen LogP contribution is -2.18. The second-order valence-corrected chi connectivity index (χ2v) is 6.77. The zero-order valence-electron chi connectivity index (χ0n) is 15.6. The molecule has 5 aromatic rings. The topological polar surface area (TPSA) is 73.8 Å². The largest absolute Gasteiger partial charge is 0.334 e. The molecule has 2 aromatic carbocycles. The molecule has 0 aliphatic carbocycles. The fourth-order valence-corrected chi connectivity index (χ4v) is 3.38. The van der Waals surface area contributed by atoms with Gasteiger partial charge in [-0.2, -0.15) is 4.98 Å². The van der Waals surface area contributed by atoms with Crippen LogP contribution in [-0.4, -0.2) is 19.7 Å². The fraction of sp³-hybridized carbons (Fsp3) is 0.0435. The van der Waals surface area contributed by atoms with E-state index < -0.39 is 0 Å². The summed E-state index contributed by atoms with van der Waals surface area (Å²) in [5.41, 5.74) is 3.22. The van der Waals surface area contributed by atoms with Gasteiger partial charge in [-0.1, -0.05) is 35.5 Å². The number of aromatic nitrogens is 4. The number of pyridine rings is 2. The highest BCUT2D eigenvalue weighted by atomic mass is 16.5. The number of aryl methyl sites for hydroxylation is 1. The lowest BCUT2D eigenvalue weighted by molar-refractivity contribution is 0.432. The number of hydrogen-bond donors (Lipinski definition) is 0. The normalized spacial score (nSPS) is 11.1. The van der Waals surface area contributed by atoms with Crippen LogP contribution < -0.4 is 5.56 Å². The Morgan fingerprint density at radius 1 is 0.966 bits per heavy atom. The van der Waals surface area contributed by atoms with Gasteiger partial charge in [0.15, 0.2) is 0 Å². The van der Waals surface area contributed by atoms with Crippen LogP contribution in [0.4, 0.5) is 0 Å². The van der Waals surface area contributed by atoms with E-state index in [4.69, 9.17) is 4.52 Å². The van der Waals surface area contributed by atoms with Gasteiger partial charge in [0.2, 0.25) is 5.82 Å². The summed E-state index contributed by atoms with van der Waals surface area (Å²) >= 11 is 0. The van der Waals surface area contributed by atoms with E-state index in [1.54, 1.807) is 23.2 Å². The Labute approximate surface area is 166 Å². The van der Waals surface area contributed by atoms with Crippen molar-refractivity contribution in [3.8, 4) is 28.5 Å². The molecule has 0 radical (unpaired) electrons. The number of nitrogens with zero attached hydrogens (tertiary/aromatic N) is 4. The maximum Gasteiger partial charge on any atom is 0.262 e. The van der Waals surface area contributed by atoms with Crippen molar-refractivity contribution in [2.45, 2.75) is 6.92 Å². The van der Waals surface area contributed by atoms with Crippen LogP contribution in [0.1, 0.15) is 5.56 Å². The van der Waals surface area contributed by atoms with Gasteiger partial charge in [-0.05, 0) is 42.8 Å². The standard InChI is InChI=1S/C23H16N4O2/c1-15-6-4-8-17(12-15)27-14-20(18-9-2-3-10-19(18)23(27)28)22-25-21(26-29-22)16-7-5-11-24-13-16/h2-14H,1H3. The molecular formula is C23H16N4O2. The van der Waals surface area contributed by atoms with Gasteiger partial charge in [0.25, 0.3) is 11.4 Å². The Morgan fingerprint density at radius 3 is 2.62 bits per heavy atom. The predicted octanol–water partition coefficient (Wildman–Crippen LogP) is 4.41. The van der Waals surface area contributed by atoms with E-state index >= 15 is 0 Å². The van der Waals surface area contributed by atoms with Crippen LogP contribution in [0.3, 0.4) is 0 Å². The smallest absolute Gasteiger partial charge is 0.262 e. The van der Waals surface area contributed by atoms with Gasteiger partial charge < -0.3 is 4.52 Å². The number of fused-ring (bicyclic) bond motifs is 1. The molecule has 0 amide bonds. The van der Waals surface area contributed by atoms with Crippen molar-refractivity contribution in [2.75, 3.05) is 0 Å². The Kier molecular flexibility index (Phi) is 4.02. The van der Waals surface area contributed by atoms with E-state index in [1.165, 1.54) is 0 Å². The molecule has 6 heteroatoms. The summed E-state index contributed by atoms with van der Waals surface area (Å²) in [7, 11) is 0. The van der Waals surface area contributed by atoms with Crippen molar-refractivity contribution >= 4 is 10.8 Å². The molecule has 0 fully saturated rings. The van der Waals surface area contributed by atoms with Crippen molar-refractivity contribution in [1.82, 2.24) is 19.7 Å². The molecule has 0 unspecified atom stereocenters. The predicted molar refractivity (Wildman–Crippen MR) is 111 cm³/mol. The molecule has 5 rings (SSSR count). The molecule has 6 nitrogen and oxygen atoms in total. The first-order chi connectivity index (χ1) is 14.2. The Morgan fingerprint density at radius 2 is 1.83 bits per heavy atom. The molecular weight excluding hydrogens is 364 g/mol. The number of benzene rings is 2. The van der Waals surface area contributed by atoms with Crippen molar-refractivity contribution in [3.63, 3.8) is 0 Å². The first kappa shape index (κ1) is 17.1. The molecule has 0 N–H and O–H groups in total. The van der Waals surface area contributed by atoms with Crippen LogP contribution in [0.2, 0.25) is 0 Å². The minimum Gasteiger partial charge on any atom is -0.334 e. The monoisotopic (exact) mass is 380 g/mol. The van der Waals surface area contributed by atoms with Crippen LogP contribution >= 0.6 is 0 Å². The SMILES string of the molecule is Cc1cccc(-n2cc(-c3nc(-c4cccnc4)no3)c3ccccc3c2=O)c1. The van der Waals surface area contributed by atoms with Gasteiger partial charge in [0.05, 0.1) is 5.56 Å². The van der Waals surface area contributed by atoms with Gasteiger partial charge in [-0.3, -0.25) is 14.3 Å². The third kappa shape index (κ3) is 3.00. The van der Waals surface area contributed by atoms with Crippen LogP contribution in [0.25, 0.3) is 39.3 Å². The quantitative estimate of drug-likeness (QED) is 0.463. The molecule has 0 aliphatic rings. The minimum absolute atomic E-state index is 0.0954. The van der Waals surface area contributed by atoms with E-state index in [1.807, 2.05) is 67.6 Å².